The molecule has 3 heterocycles. The molecule has 7 nitrogen and oxygen atoms in total. The average Bonchev–Trinajstić information content (AvgIpc) is 3.08. The van der Waals surface area contributed by atoms with Crippen LogP contribution in [0.3, 0.4) is 0 Å². The number of hydrogen-bond acceptors (Lipinski definition) is 5. The van der Waals surface area contributed by atoms with Crippen molar-refractivity contribution in [3.63, 3.8) is 0 Å². The predicted octanol–water partition coefficient (Wildman–Crippen LogP) is 1.42. The van der Waals surface area contributed by atoms with E-state index in [1.165, 1.54) is 0 Å². The van der Waals surface area contributed by atoms with E-state index in [9.17, 15) is 9.90 Å². The van der Waals surface area contributed by atoms with E-state index in [1.807, 2.05) is 17.3 Å². The molecule has 1 saturated heterocycles. The fourth-order valence-corrected chi connectivity index (χ4v) is 3.42. The molecule has 3 rings (SSSR count). The van der Waals surface area contributed by atoms with E-state index in [1.54, 1.807) is 10.7 Å². The molecular weight excluding hydrogens is 318 g/mol. The summed E-state index contributed by atoms with van der Waals surface area (Å²) < 4.78 is 1.69. The lowest BCUT2D eigenvalue weighted by Crippen LogP contribution is -2.40. The van der Waals surface area contributed by atoms with Crippen LogP contribution >= 0.6 is 0 Å². The fraction of sp³-hybridized carbons (Fsp3) is 0.611. The molecule has 25 heavy (non-hydrogen) atoms. The number of carbonyl (C=O) groups is 1. The summed E-state index contributed by atoms with van der Waals surface area (Å²) in [5.41, 5.74) is 2.21. The molecule has 0 aromatic carbocycles. The first-order chi connectivity index (χ1) is 12.2. The lowest BCUT2D eigenvalue weighted by molar-refractivity contribution is 0.0622. The van der Waals surface area contributed by atoms with Gasteiger partial charge in [0.2, 0.25) is 0 Å². The zero-order chi connectivity index (χ0) is 17.8. The zero-order valence-electron chi connectivity index (χ0n) is 15.1. The summed E-state index contributed by atoms with van der Waals surface area (Å²) in [6.07, 6.45) is 7.29. The van der Waals surface area contributed by atoms with Crippen LogP contribution in [0.5, 0.6) is 0 Å². The van der Waals surface area contributed by atoms with E-state index in [0.717, 1.165) is 44.6 Å². The number of aromatic nitrogens is 3. The molecule has 1 N–H and O–H groups in total. The SMILES string of the molecule is CCN(CC)Cc1cnc2c(C(=O)N3CCCC(CO)C3)cnn2c1. The topological polar surface area (TPSA) is 74.0 Å². The van der Waals surface area contributed by atoms with Crippen molar-refractivity contribution in [3.8, 4) is 0 Å². The molecule has 0 saturated carbocycles. The Morgan fingerprint density at radius 1 is 1.36 bits per heavy atom. The Morgan fingerprint density at radius 2 is 2.16 bits per heavy atom. The Bertz CT molecular complexity index is 725. The van der Waals surface area contributed by atoms with Crippen molar-refractivity contribution in [1.29, 1.82) is 0 Å². The molecule has 1 aliphatic heterocycles. The molecule has 2 aromatic rings. The monoisotopic (exact) mass is 345 g/mol. The molecular formula is C18H27N5O2. The van der Waals surface area contributed by atoms with Crippen LogP contribution in [0.15, 0.2) is 18.6 Å². The van der Waals surface area contributed by atoms with Crippen molar-refractivity contribution in [1.82, 2.24) is 24.4 Å². The summed E-state index contributed by atoms with van der Waals surface area (Å²) in [7, 11) is 0. The minimum Gasteiger partial charge on any atom is -0.396 e. The number of carbonyl (C=O) groups excluding carboxylic acids is 1. The summed E-state index contributed by atoms with van der Waals surface area (Å²) in [4.78, 5) is 21.4. The molecule has 136 valence electrons. The molecule has 1 aliphatic rings. The quantitative estimate of drug-likeness (QED) is 0.857. The highest BCUT2D eigenvalue weighted by molar-refractivity contribution is 5.99. The Balaban J connectivity index is 1.79. The van der Waals surface area contributed by atoms with Crippen LogP contribution < -0.4 is 0 Å². The van der Waals surface area contributed by atoms with Crippen LogP contribution in [0.25, 0.3) is 5.65 Å². The van der Waals surface area contributed by atoms with Gasteiger partial charge in [-0.05, 0) is 31.8 Å². The first kappa shape index (κ1) is 17.8. The number of nitrogens with zero attached hydrogens (tertiary/aromatic N) is 5. The third-order valence-electron chi connectivity index (χ3n) is 5.01. The Hall–Kier alpha value is -1.99. The van der Waals surface area contributed by atoms with Gasteiger partial charge in [-0.3, -0.25) is 9.69 Å². The highest BCUT2D eigenvalue weighted by atomic mass is 16.3. The van der Waals surface area contributed by atoms with Gasteiger partial charge >= 0.3 is 0 Å². The van der Waals surface area contributed by atoms with Gasteiger partial charge in [0.05, 0.1) is 6.20 Å². The maximum atomic E-state index is 12.8. The summed E-state index contributed by atoms with van der Waals surface area (Å²) in [5, 5.41) is 13.7. The largest absolute Gasteiger partial charge is 0.396 e. The molecule has 0 radical (unpaired) electrons. The first-order valence-electron chi connectivity index (χ1n) is 9.11. The van der Waals surface area contributed by atoms with Gasteiger partial charge in [-0.1, -0.05) is 13.8 Å². The van der Waals surface area contributed by atoms with Crippen LogP contribution in [0.1, 0.15) is 42.6 Å². The van der Waals surface area contributed by atoms with Crippen LogP contribution in [0.4, 0.5) is 0 Å². The van der Waals surface area contributed by atoms with Crippen molar-refractivity contribution in [2.24, 2.45) is 5.92 Å². The van der Waals surface area contributed by atoms with E-state index in [4.69, 9.17) is 0 Å². The lowest BCUT2D eigenvalue weighted by atomic mass is 9.98. The third-order valence-corrected chi connectivity index (χ3v) is 5.01. The van der Waals surface area contributed by atoms with E-state index in [2.05, 4.69) is 28.8 Å². The van der Waals surface area contributed by atoms with Gasteiger partial charge in [0.1, 0.15) is 5.56 Å². The standard InChI is InChI=1S/C18H27N5O2/c1-3-21(4-2)10-15-8-19-17-16(9-20-23(17)12-15)18(25)22-7-5-6-14(11-22)13-24/h8-9,12,14,24H,3-7,10-11,13H2,1-2H3. The van der Waals surface area contributed by atoms with Gasteiger partial charge in [-0.2, -0.15) is 5.10 Å². The van der Waals surface area contributed by atoms with Crippen molar-refractivity contribution >= 4 is 11.6 Å². The van der Waals surface area contributed by atoms with E-state index < -0.39 is 0 Å². The summed E-state index contributed by atoms with van der Waals surface area (Å²) >= 11 is 0. The van der Waals surface area contributed by atoms with Gasteiger partial charge in [-0.25, -0.2) is 9.50 Å². The van der Waals surface area contributed by atoms with Crippen LogP contribution in [0.2, 0.25) is 0 Å². The zero-order valence-corrected chi connectivity index (χ0v) is 15.1. The second-order valence-electron chi connectivity index (χ2n) is 6.69. The molecule has 0 bridgehead atoms. The molecule has 1 fully saturated rings. The van der Waals surface area contributed by atoms with E-state index in [-0.39, 0.29) is 18.4 Å². The molecule has 0 aliphatic carbocycles. The number of hydrogen-bond donors (Lipinski definition) is 1. The van der Waals surface area contributed by atoms with Gasteiger partial charge in [0.25, 0.3) is 5.91 Å². The van der Waals surface area contributed by atoms with Crippen LogP contribution in [-0.4, -0.2) is 68.2 Å². The molecule has 0 spiro atoms. The smallest absolute Gasteiger partial charge is 0.259 e. The summed E-state index contributed by atoms with van der Waals surface area (Å²) in [6.45, 7) is 8.53. The van der Waals surface area contributed by atoms with Gasteiger partial charge in [0.15, 0.2) is 5.65 Å². The normalized spacial score (nSPS) is 18.2. The Labute approximate surface area is 148 Å². The van der Waals surface area contributed by atoms with E-state index >= 15 is 0 Å². The minimum atomic E-state index is -0.0443. The predicted molar refractivity (Wildman–Crippen MR) is 95.3 cm³/mol. The number of aliphatic hydroxyl groups excluding tert-OH is 1. The number of rotatable bonds is 6. The van der Waals surface area contributed by atoms with Crippen LogP contribution in [0, 0.1) is 5.92 Å². The minimum absolute atomic E-state index is 0.0443. The third kappa shape index (κ3) is 3.82. The molecule has 1 amide bonds. The van der Waals surface area contributed by atoms with Crippen molar-refractivity contribution < 1.29 is 9.90 Å². The Kier molecular flexibility index (Phi) is 5.65. The van der Waals surface area contributed by atoms with Crippen LogP contribution in [-0.2, 0) is 6.54 Å². The number of likely N-dealkylation sites (tertiary alicyclic amines) is 1. The molecule has 2 aromatic heterocycles. The maximum Gasteiger partial charge on any atom is 0.259 e. The van der Waals surface area contributed by atoms with Gasteiger partial charge in [0, 0.05) is 44.2 Å². The van der Waals surface area contributed by atoms with E-state index in [0.29, 0.717) is 17.8 Å². The first-order valence-corrected chi connectivity index (χ1v) is 9.11. The number of amides is 1. The molecule has 7 heteroatoms. The highest BCUT2D eigenvalue weighted by Gasteiger charge is 2.26. The second-order valence-corrected chi connectivity index (χ2v) is 6.69. The average molecular weight is 345 g/mol. The second kappa shape index (κ2) is 7.93. The van der Waals surface area contributed by atoms with Gasteiger partial charge < -0.3 is 10.0 Å². The maximum absolute atomic E-state index is 12.8. The number of fused-ring (bicyclic) bond motifs is 1. The summed E-state index contributed by atoms with van der Waals surface area (Å²) in [5.74, 6) is 0.130. The fourth-order valence-electron chi connectivity index (χ4n) is 3.42. The van der Waals surface area contributed by atoms with Crippen molar-refractivity contribution in [2.45, 2.75) is 33.2 Å². The lowest BCUT2D eigenvalue weighted by Gasteiger charge is -2.31. The van der Waals surface area contributed by atoms with Crippen molar-refractivity contribution in [3.05, 3.63) is 29.7 Å². The Morgan fingerprint density at radius 3 is 2.88 bits per heavy atom. The molecule has 1 atom stereocenters. The van der Waals surface area contributed by atoms with Gasteiger partial charge in [-0.15, -0.1) is 0 Å². The number of aliphatic hydroxyl groups is 1. The summed E-state index contributed by atoms with van der Waals surface area (Å²) in [6, 6.07) is 0. The van der Waals surface area contributed by atoms with Crippen molar-refractivity contribution in [2.75, 3.05) is 32.8 Å². The highest BCUT2D eigenvalue weighted by Crippen LogP contribution is 2.20. The molecule has 1 unspecified atom stereocenters. The number of piperidine rings is 1.